The van der Waals surface area contributed by atoms with Crippen LogP contribution in [-0.4, -0.2) is 31.1 Å². The summed E-state index contributed by atoms with van der Waals surface area (Å²) in [5.41, 5.74) is 2.84. The van der Waals surface area contributed by atoms with Gasteiger partial charge in [-0.2, -0.15) is 0 Å². The van der Waals surface area contributed by atoms with Gasteiger partial charge in [-0.1, -0.05) is 0 Å². The van der Waals surface area contributed by atoms with Gasteiger partial charge in [-0.05, 0) is 0 Å². The van der Waals surface area contributed by atoms with Crippen LogP contribution in [0.4, 0.5) is 0 Å². The molecule has 0 radical (unpaired) electrons. The van der Waals surface area contributed by atoms with Gasteiger partial charge in [0.25, 0.3) is 0 Å². The summed E-state index contributed by atoms with van der Waals surface area (Å²) in [5.74, 6) is -0.715. The fraction of sp³-hybridized carbons (Fsp3) is 0.417. The van der Waals surface area contributed by atoms with Crippen molar-refractivity contribution in [2.75, 3.05) is 0 Å². The third-order valence-electron chi connectivity index (χ3n) is 5.11. The first-order chi connectivity index (χ1) is 13.9. The summed E-state index contributed by atoms with van der Waals surface area (Å²) in [4.78, 5) is 26.1. The molecule has 0 atom stereocenters. The van der Waals surface area contributed by atoms with Crippen molar-refractivity contribution in [3.05, 3.63) is 70.8 Å². The summed E-state index contributed by atoms with van der Waals surface area (Å²) < 4.78 is 13.7. The van der Waals surface area contributed by atoms with Crippen LogP contribution < -0.4 is 0 Å². The third-order valence-corrected chi connectivity index (χ3v) is 14.7. The molecular formula is C24H32O4Sn. The number of aryl methyl sites for hydroxylation is 2. The molecule has 0 bridgehead atoms. The molecule has 0 aromatic heterocycles. The first-order valence-corrected chi connectivity index (χ1v) is 16.9. The summed E-state index contributed by atoms with van der Waals surface area (Å²) >= 11 is -4.00. The van der Waals surface area contributed by atoms with Gasteiger partial charge in [0, 0.05) is 0 Å². The van der Waals surface area contributed by atoms with E-state index in [4.69, 9.17) is 6.15 Å². The van der Waals surface area contributed by atoms with Crippen molar-refractivity contribution in [1.82, 2.24) is 0 Å². The molecule has 0 aliphatic rings. The molecule has 156 valence electrons. The van der Waals surface area contributed by atoms with Crippen LogP contribution in [0.25, 0.3) is 0 Å². The Labute approximate surface area is 179 Å². The number of carbonyl (C=O) groups excluding carboxylic acids is 2. The first-order valence-electron chi connectivity index (χ1n) is 10.5. The predicted molar refractivity (Wildman–Crippen MR) is 118 cm³/mol. The van der Waals surface area contributed by atoms with Crippen LogP contribution in [0.15, 0.2) is 48.5 Å². The second-order valence-corrected chi connectivity index (χ2v) is 16.7. The molecule has 2 aromatic carbocycles. The van der Waals surface area contributed by atoms with E-state index in [0.717, 1.165) is 36.8 Å². The summed E-state index contributed by atoms with van der Waals surface area (Å²) in [7, 11) is 0. The zero-order valence-electron chi connectivity index (χ0n) is 18.0. The Morgan fingerprint density at radius 1 is 0.724 bits per heavy atom. The van der Waals surface area contributed by atoms with Gasteiger partial charge in [0.05, 0.1) is 0 Å². The van der Waals surface area contributed by atoms with E-state index in [1.165, 1.54) is 0 Å². The van der Waals surface area contributed by atoms with Gasteiger partial charge in [-0.25, -0.2) is 0 Å². The number of carbonyl (C=O) groups is 2. The number of hydrogen-bond acceptors (Lipinski definition) is 4. The van der Waals surface area contributed by atoms with Crippen LogP contribution in [0, 0.1) is 13.8 Å². The van der Waals surface area contributed by atoms with Crippen molar-refractivity contribution in [1.29, 1.82) is 0 Å². The van der Waals surface area contributed by atoms with Gasteiger partial charge in [0.15, 0.2) is 0 Å². The van der Waals surface area contributed by atoms with E-state index < -0.39 is 19.2 Å². The molecule has 5 heteroatoms. The second kappa shape index (κ2) is 11.4. The van der Waals surface area contributed by atoms with Crippen LogP contribution in [0.5, 0.6) is 0 Å². The van der Waals surface area contributed by atoms with E-state index in [2.05, 4.69) is 13.8 Å². The average molecular weight is 503 g/mol. The number of benzene rings is 2. The van der Waals surface area contributed by atoms with Crippen molar-refractivity contribution in [2.24, 2.45) is 0 Å². The minimum absolute atomic E-state index is 0.358. The fourth-order valence-corrected chi connectivity index (χ4v) is 12.9. The average Bonchev–Trinajstić information content (AvgIpc) is 2.71. The molecule has 29 heavy (non-hydrogen) atoms. The number of unbranched alkanes of at least 4 members (excludes halogenated alkanes) is 2. The Kier molecular flexibility index (Phi) is 9.21. The Bertz CT molecular complexity index is 762. The van der Waals surface area contributed by atoms with Crippen LogP contribution in [-0.2, 0) is 6.15 Å². The molecule has 0 N–H and O–H groups in total. The van der Waals surface area contributed by atoms with E-state index in [1.807, 2.05) is 50.2 Å². The van der Waals surface area contributed by atoms with Crippen molar-refractivity contribution in [3.8, 4) is 0 Å². The molecule has 0 aliphatic carbocycles. The van der Waals surface area contributed by atoms with E-state index in [-0.39, 0.29) is 11.9 Å². The van der Waals surface area contributed by atoms with Gasteiger partial charge >= 0.3 is 180 Å². The summed E-state index contributed by atoms with van der Waals surface area (Å²) in [5, 5.41) is 0. The molecule has 0 aliphatic heterocycles. The summed E-state index contributed by atoms with van der Waals surface area (Å²) in [6, 6.07) is 14.8. The maximum atomic E-state index is 13.0. The summed E-state index contributed by atoms with van der Waals surface area (Å²) in [6.45, 7) is 7.99. The topological polar surface area (TPSA) is 52.6 Å². The van der Waals surface area contributed by atoms with Crippen LogP contribution in [0.2, 0.25) is 8.87 Å². The van der Waals surface area contributed by atoms with E-state index in [1.54, 1.807) is 12.1 Å². The van der Waals surface area contributed by atoms with Crippen LogP contribution in [0.1, 0.15) is 71.4 Å². The minimum atomic E-state index is -4.00. The Hall–Kier alpha value is -1.82. The quantitative estimate of drug-likeness (QED) is 0.354. The molecule has 2 rings (SSSR count). The normalized spacial score (nSPS) is 11.2. The van der Waals surface area contributed by atoms with Crippen molar-refractivity contribution < 1.29 is 15.7 Å². The number of hydrogen-bond donors (Lipinski definition) is 0. The van der Waals surface area contributed by atoms with Crippen molar-refractivity contribution >= 4 is 31.1 Å². The van der Waals surface area contributed by atoms with E-state index >= 15 is 0 Å². The van der Waals surface area contributed by atoms with Crippen LogP contribution in [0.3, 0.4) is 0 Å². The molecule has 0 fully saturated rings. The molecule has 0 saturated heterocycles. The van der Waals surface area contributed by atoms with Gasteiger partial charge in [0.1, 0.15) is 0 Å². The van der Waals surface area contributed by atoms with Gasteiger partial charge < -0.3 is 0 Å². The Morgan fingerprint density at radius 3 is 1.45 bits per heavy atom. The monoisotopic (exact) mass is 504 g/mol. The summed E-state index contributed by atoms with van der Waals surface area (Å²) in [6.07, 6.45) is 3.72. The number of rotatable bonds is 10. The standard InChI is InChI=1S/2C8H8O2.2C4H9.Sn/c2*1-6-4-2-3-5-7(6)8(9)10;2*1-3-4-2;/h2*2-5H,1H3,(H,9,10);2*1,3-4H2,2H3;/q;;;;+2/p-2. The SMILES string of the molecule is CCC[CH2][Sn]([CH2]CCC)([O]C(=O)c1ccccc1C)[O]C(=O)c1ccccc1C. The van der Waals surface area contributed by atoms with Gasteiger partial charge in [-0.15, -0.1) is 0 Å². The Balaban J connectivity index is 2.35. The first kappa shape index (κ1) is 23.5. The van der Waals surface area contributed by atoms with E-state index in [0.29, 0.717) is 20.0 Å². The zero-order valence-corrected chi connectivity index (χ0v) is 20.8. The van der Waals surface area contributed by atoms with Crippen molar-refractivity contribution in [2.45, 2.75) is 62.3 Å². The molecular weight excluding hydrogens is 471 g/mol. The van der Waals surface area contributed by atoms with Gasteiger partial charge in [-0.3, -0.25) is 0 Å². The second-order valence-electron chi connectivity index (χ2n) is 7.53. The molecule has 2 aromatic rings. The fourth-order valence-electron chi connectivity index (χ4n) is 3.29. The van der Waals surface area contributed by atoms with Gasteiger partial charge in [0.2, 0.25) is 0 Å². The Morgan fingerprint density at radius 2 is 1.10 bits per heavy atom. The predicted octanol–water partition coefficient (Wildman–Crippen LogP) is 6.36. The van der Waals surface area contributed by atoms with E-state index in [9.17, 15) is 9.59 Å². The molecule has 0 spiro atoms. The molecule has 4 nitrogen and oxygen atoms in total. The third kappa shape index (κ3) is 6.59. The molecule has 0 heterocycles. The molecule has 0 unspecified atom stereocenters. The molecule has 0 saturated carbocycles. The van der Waals surface area contributed by atoms with Crippen molar-refractivity contribution in [3.63, 3.8) is 0 Å². The zero-order chi connectivity index (χ0) is 21.3. The van der Waals surface area contributed by atoms with Crippen LogP contribution >= 0.6 is 0 Å². The maximum absolute atomic E-state index is 13.0. The molecule has 0 amide bonds.